The maximum atomic E-state index is 12.2. The van der Waals surface area contributed by atoms with Crippen LogP contribution in [0.4, 0.5) is 5.69 Å². The Morgan fingerprint density at radius 3 is 2.50 bits per heavy atom. The molecule has 5 nitrogen and oxygen atoms in total. The Hall–Kier alpha value is -3.04. The van der Waals surface area contributed by atoms with Crippen LogP contribution < -0.4 is 5.32 Å². The number of hydrogen-bond acceptors (Lipinski definition) is 4. The number of nitriles is 1. The monoisotopic (exact) mass is 338 g/mol. The van der Waals surface area contributed by atoms with Crippen molar-refractivity contribution in [3.63, 3.8) is 0 Å². The molecule has 2 aromatic rings. The zero-order valence-corrected chi connectivity index (χ0v) is 13.6. The number of carbonyl (C=O) groups excluding carboxylic acids is 1. The Kier molecular flexibility index (Phi) is 5.77. The van der Waals surface area contributed by atoms with Gasteiger partial charge >= 0.3 is 5.97 Å². The molecule has 0 heterocycles. The Balaban J connectivity index is 2.19. The van der Waals surface area contributed by atoms with Gasteiger partial charge in [0.1, 0.15) is 11.6 Å². The Morgan fingerprint density at radius 1 is 1.21 bits per heavy atom. The van der Waals surface area contributed by atoms with Crippen molar-refractivity contribution in [1.82, 2.24) is 0 Å². The van der Waals surface area contributed by atoms with Crippen LogP contribution in [0.1, 0.15) is 15.9 Å². The van der Waals surface area contributed by atoms with E-state index in [0.717, 1.165) is 10.5 Å². The van der Waals surface area contributed by atoms with Crippen LogP contribution in [0.15, 0.2) is 59.0 Å². The van der Waals surface area contributed by atoms with Crippen LogP contribution in [0.25, 0.3) is 6.08 Å². The van der Waals surface area contributed by atoms with Gasteiger partial charge in [-0.3, -0.25) is 4.79 Å². The smallest absolute Gasteiger partial charge is 0.335 e. The second-order valence-corrected chi connectivity index (χ2v) is 5.66. The maximum Gasteiger partial charge on any atom is 0.335 e. The fourth-order valence-corrected chi connectivity index (χ4v) is 2.35. The molecule has 0 bridgehead atoms. The molecule has 0 atom stereocenters. The van der Waals surface area contributed by atoms with E-state index in [2.05, 4.69) is 5.32 Å². The minimum absolute atomic E-state index is 0.0583. The summed E-state index contributed by atoms with van der Waals surface area (Å²) < 4.78 is 0. The zero-order chi connectivity index (χ0) is 17.5. The van der Waals surface area contributed by atoms with Crippen LogP contribution in [0.3, 0.4) is 0 Å². The van der Waals surface area contributed by atoms with Crippen LogP contribution in [-0.4, -0.2) is 23.2 Å². The largest absolute Gasteiger partial charge is 0.478 e. The SMILES string of the molecule is CSc1ccc(/C=C(/C#N)C(=O)Nc2cccc(C(=O)O)c2)cc1. The van der Waals surface area contributed by atoms with Crippen molar-refractivity contribution < 1.29 is 14.7 Å². The highest BCUT2D eigenvalue weighted by molar-refractivity contribution is 7.98. The summed E-state index contributed by atoms with van der Waals surface area (Å²) in [5, 5.41) is 20.7. The average molecular weight is 338 g/mol. The van der Waals surface area contributed by atoms with Gasteiger partial charge in [0.15, 0.2) is 0 Å². The van der Waals surface area contributed by atoms with Gasteiger partial charge in [-0.2, -0.15) is 5.26 Å². The fourth-order valence-electron chi connectivity index (χ4n) is 1.94. The lowest BCUT2D eigenvalue weighted by Gasteiger charge is -2.05. The maximum absolute atomic E-state index is 12.2. The number of rotatable bonds is 5. The topological polar surface area (TPSA) is 90.2 Å². The number of nitrogens with one attached hydrogen (secondary N) is 1. The molecule has 0 unspecified atom stereocenters. The molecule has 2 rings (SSSR count). The van der Waals surface area contributed by atoms with Gasteiger partial charge in [-0.15, -0.1) is 11.8 Å². The predicted octanol–water partition coefficient (Wildman–Crippen LogP) is 3.65. The average Bonchev–Trinajstić information content (AvgIpc) is 2.60. The van der Waals surface area contributed by atoms with Crippen molar-refractivity contribution in [2.75, 3.05) is 11.6 Å². The van der Waals surface area contributed by atoms with Crippen LogP contribution >= 0.6 is 11.8 Å². The van der Waals surface area contributed by atoms with Crippen molar-refractivity contribution in [2.24, 2.45) is 0 Å². The molecule has 2 N–H and O–H groups in total. The number of carboxylic acid groups (broad SMARTS) is 1. The molecular weight excluding hydrogens is 324 g/mol. The summed E-state index contributed by atoms with van der Waals surface area (Å²) in [7, 11) is 0. The van der Waals surface area contributed by atoms with Gasteiger partial charge in [0.25, 0.3) is 5.91 Å². The second-order valence-electron chi connectivity index (χ2n) is 4.78. The number of hydrogen-bond donors (Lipinski definition) is 2. The minimum atomic E-state index is -1.09. The number of thioether (sulfide) groups is 1. The van der Waals surface area contributed by atoms with Crippen LogP contribution in [0, 0.1) is 11.3 Å². The summed E-state index contributed by atoms with van der Waals surface area (Å²) in [6.45, 7) is 0. The fraction of sp³-hybridized carbons (Fsp3) is 0.0556. The molecule has 0 aliphatic rings. The highest BCUT2D eigenvalue weighted by atomic mass is 32.2. The van der Waals surface area contributed by atoms with Crippen LogP contribution in [0.2, 0.25) is 0 Å². The quantitative estimate of drug-likeness (QED) is 0.493. The van der Waals surface area contributed by atoms with Crippen molar-refractivity contribution in [3.8, 4) is 6.07 Å². The van der Waals surface area contributed by atoms with Crippen molar-refractivity contribution >= 4 is 35.4 Å². The van der Waals surface area contributed by atoms with Gasteiger partial charge in [-0.25, -0.2) is 4.79 Å². The summed E-state index contributed by atoms with van der Waals surface area (Å²) in [5.41, 5.74) is 1.05. The molecule has 0 aromatic heterocycles. The lowest BCUT2D eigenvalue weighted by atomic mass is 10.1. The summed E-state index contributed by atoms with van der Waals surface area (Å²) in [4.78, 5) is 24.2. The van der Waals surface area contributed by atoms with Crippen molar-refractivity contribution in [3.05, 3.63) is 65.2 Å². The molecule has 1 amide bonds. The minimum Gasteiger partial charge on any atom is -0.478 e. The van der Waals surface area contributed by atoms with Gasteiger partial charge in [0.2, 0.25) is 0 Å². The van der Waals surface area contributed by atoms with E-state index >= 15 is 0 Å². The third kappa shape index (κ3) is 4.48. The molecular formula is C18H14N2O3S. The molecule has 2 aromatic carbocycles. The Bertz CT molecular complexity index is 836. The summed E-state index contributed by atoms with van der Waals surface area (Å²) >= 11 is 1.60. The first-order valence-corrected chi connectivity index (χ1v) is 8.16. The first-order chi connectivity index (χ1) is 11.5. The lowest BCUT2D eigenvalue weighted by Crippen LogP contribution is -2.13. The molecule has 0 aliphatic heterocycles. The molecule has 24 heavy (non-hydrogen) atoms. The number of nitrogens with zero attached hydrogens (tertiary/aromatic N) is 1. The van der Waals surface area contributed by atoms with Gasteiger partial charge in [0.05, 0.1) is 5.56 Å². The first-order valence-electron chi connectivity index (χ1n) is 6.94. The summed E-state index contributed by atoms with van der Waals surface area (Å²) in [6, 6.07) is 15.2. The van der Waals surface area contributed by atoms with E-state index in [4.69, 9.17) is 5.11 Å². The van der Waals surface area contributed by atoms with Gasteiger partial charge in [-0.05, 0) is 48.2 Å². The standard InChI is InChI=1S/C18H14N2O3S/c1-24-16-7-5-12(6-8-16)9-14(11-19)17(21)20-15-4-2-3-13(10-15)18(22)23/h2-10H,1H3,(H,20,21)(H,22,23)/b14-9-. The van der Waals surface area contributed by atoms with E-state index in [9.17, 15) is 14.9 Å². The zero-order valence-electron chi connectivity index (χ0n) is 12.8. The third-order valence-electron chi connectivity index (χ3n) is 3.16. The van der Waals surface area contributed by atoms with Gasteiger partial charge in [0, 0.05) is 10.6 Å². The number of carbonyl (C=O) groups is 2. The van der Waals surface area contributed by atoms with Crippen LogP contribution in [-0.2, 0) is 4.79 Å². The molecule has 0 saturated heterocycles. The first kappa shape index (κ1) is 17.3. The number of aromatic carboxylic acids is 1. The van der Waals surface area contributed by atoms with E-state index in [1.54, 1.807) is 17.8 Å². The highest BCUT2D eigenvalue weighted by Gasteiger charge is 2.11. The van der Waals surface area contributed by atoms with Crippen molar-refractivity contribution in [2.45, 2.75) is 4.90 Å². The van der Waals surface area contributed by atoms with E-state index in [-0.39, 0.29) is 11.1 Å². The normalized spacial score (nSPS) is 10.8. The predicted molar refractivity (Wildman–Crippen MR) is 93.8 cm³/mol. The number of anilines is 1. The summed E-state index contributed by atoms with van der Waals surface area (Å²) in [6.07, 6.45) is 3.45. The van der Waals surface area contributed by atoms with Crippen molar-refractivity contribution in [1.29, 1.82) is 5.26 Å². The lowest BCUT2D eigenvalue weighted by molar-refractivity contribution is -0.112. The van der Waals surface area contributed by atoms with E-state index < -0.39 is 11.9 Å². The molecule has 0 spiro atoms. The third-order valence-corrected chi connectivity index (χ3v) is 3.90. The Morgan fingerprint density at radius 2 is 1.92 bits per heavy atom. The second kappa shape index (κ2) is 7.99. The molecule has 0 radical (unpaired) electrons. The number of amides is 1. The van der Waals surface area contributed by atoms with Gasteiger partial charge < -0.3 is 10.4 Å². The van der Waals surface area contributed by atoms with E-state index in [1.807, 2.05) is 36.6 Å². The summed E-state index contributed by atoms with van der Waals surface area (Å²) in [5.74, 6) is -1.68. The Labute approximate surface area is 143 Å². The molecule has 120 valence electrons. The number of benzene rings is 2. The molecule has 0 aliphatic carbocycles. The van der Waals surface area contributed by atoms with Crippen LogP contribution in [0.5, 0.6) is 0 Å². The molecule has 6 heteroatoms. The highest BCUT2D eigenvalue weighted by Crippen LogP contribution is 2.17. The molecule has 0 fully saturated rings. The van der Waals surface area contributed by atoms with E-state index in [1.165, 1.54) is 24.3 Å². The van der Waals surface area contributed by atoms with E-state index in [0.29, 0.717) is 5.69 Å². The molecule has 0 saturated carbocycles. The number of carboxylic acids is 1. The van der Waals surface area contributed by atoms with Gasteiger partial charge in [-0.1, -0.05) is 18.2 Å².